The van der Waals surface area contributed by atoms with E-state index < -0.39 is 4.92 Å². The minimum Gasteiger partial charge on any atom is -0.467 e. The van der Waals surface area contributed by atoms with Crippen LogP contribution in [0, 0.1) is 10.1 Å². The van der Waals surface area contributed by atoms with E-state index >= 15 is 0 Å². The standard InChI is InChI=1S/C22H15BrN4O4S/c23-17-4-1-3-16(11-17)12-20-21(28)26(14-19-5-2-10-31-19)22(32-20)25-24-13-15-6-8-18(9-7-15)27(29)30/h1-13H,14H2/b20-12-,24-13+,25-22-. The molecule has 2 aromatic carbocycles. The molecule has 160 valence electrons. The summed E-state index contributed by atoms with van der Waals surface area (Å²) in [5.74, 6) is 0.422. The van der Waals surface area contributed by atoms with Gasteiger partial charge in [0.1, 0.15) is 5.76 Å². The van der Waals surface area contributed by atoms with Crippen LogP contribution >= 0.6 is 27.7 Å². The number of furan rings is 1. The lowest BCUT2D eigenvalue weighted by Gasteiger charge is -2.12. The molecule has 0 unspecified atom stereocenters. The van der Waals surface area contributed by atoms with E-state index in [0.717, 1.165) is 10.0 Å². The molecule has 1 saturated heterocycles. The normalized spacial score (nSPS) is 16.5. The smallest absolute Gasteiger partial charge is 0.269 e. The van der Waals surface area contributed by atoms with Gasteiger partial charge in [-0.05, 0) is 65.4 Å². The highest BCUT2D eigenvalue weighted by Gasteiger charge is 2.34. The average molecular weight is 511 g/mol. The molecule has 0 aliphatic carbocycles. The summed E-state index contributed by atoms with van der Waals surface area (Å²) in [4.78, 5) is 25.4. The van der Waals surface area contributed by atoms with E-state index in [4.69, 9.17) is 4.42 Å². The maximum atomic E-state index is 13.1. The zero-order valence-electron chi connectivity index (χ0n) is 16.4. The van der Waals surface area contributed by atoms with Crippen molar-refractivity contribution < 1.29 is 14.1 Å². The number of benzene rings is 2. The number of hydrogen-bond acceptors (Lipinski definition) is 7. The lowest BCUT2D eigenvalue weighted by atomic mass is 10.2. The molecular formula is C22H15BrN4O4S. The second kappa shape index (κ2) is 9.75. The Balaban J connectivity index is 1.59. The molecule has 0 spiro atoms. The quantitative estimate of drug-likeness (QED) is 0.189. The van der Waals surface area contributed by atoms with Gasteiger partial charge in [-0.1, -0.05) is 28.1 Å². The third-order valence-corrected chi connectivity index (χ3v) is 5.87. The van der Waals surface area contributed by atoms with Crippen LogP contribution in [0.2, 0.25) is 0 Å². The highest BCUT2D eigenvalue weighted by Crippen LogP contribution is 2.34. The van der Waals surface area contributed by atoms with E-state index in [2.05, 4.69) is 26.1 Å². The Morgan fingerprint density at radius 1 is 1.12 bits per heavy atom. The molecule has 4 rings (SSSR count). The van der Waals surface area contributed by atoms with Crippen LogP contribution in [-0.2, 0) is 11.3 Å². The maximum absolute atomic E-state index is 13.1. The van der Waals surface area contributed by atoms with Crippen LogP contribution in [0.1, 0.15) is 16.9 Å². The van der Waals surface area contributed by atoms with E-state index in [0.29, 0.717) is 21.4 Å². The molecule has 1 amide bonds. The molecule has 1 aliphatic rings. The summed E-state index contributed by atoms with van der Waals surface area (Å²) in [7, 11) is 0. The number of thioether (sulfide) groups is 1. The summed E-state index contributed by atoms with van der Waals surface area (Å²) >= 11 is 4.65. The molecule has 0 atom stereocenters. The Kier molecular flexibility index (Phi) is 6.62. The summed E-state index contributed by atoms with van der Waals surface area (Å²) in [6.07, 6.45) is 4.82. The van der Waals surface area contributed by atoms with Crippen LogP contribution in [-0.4, -0.2) is 27.1 Å². The van der Waals surface area contributed by atoms with Crippen molar-refractivity contribution in [3.8, 4) is 0 Å². The van der Waals surface area contributed by atoms with Gasteiger partial charge in [-0.3, -0.25) is 19.8 Å². The van der Waals surface area contributed by atoms with Gasteiger partial charge in [0.15, 0.2) is 5.17 Å². The second-order valence-electron chi connectivity index (χ2n) is 6.61. The number of nitro groups is 1. The number of nitro benzene ring substituents is 1. The average Bonchev–Trinajstić information content (AvgIpc) is 3.39. The minimum atomic E-state index is -0.465. The van der Waals surface area contributed by atoms with E-state index in [1.165, 1.54) is 35.0 Å². The zero-order valence-corrected chi connectivity index (χ0v) is 18.8. The van der Waals surface area contributed by atoms with Gasteiger partial charge in [0, 0.05) is 16.6 Å². The summed E-state index contributed by atoms with van der Waals surface area (Å²) in [6.45, 7) is 0.223. The van der Waals surface area contributed by atoms with E-state index in [1.807, 2.05) is 24.3 Å². The third-order valence-electron chi connectivity index (χ3n) is 4.38. The van der Waals surface area contributed by atoms with Crippen molar-refractivity contribution in [2.45, 2.75) is 6.54 Å². The monoisotopic (exact) mass is 510 g/mol. The van der Waals surface area contributed by atoms with Crippen molar-refractivity contribution in [3.63, 3.8) is 0 Å². The van der Waals surface area contributed by atoms with Crippen molar-refractivity contribution in [3.05, 3.63) is 103 Å². The number of non-ortho nitro benzene ring substituents is 1. The minimum absolute atomic E-state index is 0.00244. The van der Waals surface area contributed by atoms with Gasteiger partial charge >= 0.3 is 0 Å². The van der Waals surface area contributed by atoms with E-state index in [9.17, 15) is 14.9 Å². The van der Waals surface area contributed by atoms with Crippen molar-refractivity contribution in [1.29, 1.82) is 0 Å². The molecule has 0 saturated carbocycles. The van der Waals surface area contributed by atoms with Gasteiger partial charge in [-0.25, -0.2) is 0 Å². The Morgan fingerprint density at radius 2 is 1.94 bits per heavy atom. The fraction of sp³-hybridized carbons (Fsp3) is 0.0455. The van der Waals surface area contributed by atoms with Crippen molar-refractivity contribution in [1.82, 2.24) is 4.90 Å². The number of amidine groups is 1. The van der Waals surface area contributed by atoms with Gasteiger partial charge in [-0.2, -0.15) is 5.10 Å². The number of amides is 1. The molecule has 8 nitrogen and oxygen atoms in total. The fourth-order valence-corrected chi connectivity index (χ4v) is 4.21. The van der Waals surface area contributed by atoms with Crippen LogP contribution in [0.3, 0.4) is 0 Å². The number of carbonyl (C=O) groups is 1. The Morgan fingerprint density at radius 3 is 2.62 bits per heavy atom. The SMILES string of the molecule is O=C1/C(=C/c2cccc(Br)c2)S/C(=N\N=C\c2ccc([N+](=O)[O-])cc2)N1Cc1ccco1. The topological polar surface area (TPSA) is 101 Å². The van der Waals surface area contributed by atoms with Gasteiger partial charge in [-0.15, -0.1) is 5.10 Å². The molecule has 1 aromatic heterocycles. The van der Waals surface area contributed by atoms with E-state index in [1.54, 1.807) is 36.6 Å². The third kappa shape index (κ3) is 5.21. The van der Waals surface area contributed by atoms with Crippen molar-refractivity contribution in [2.24, 2.45) is 10.2 Å². The molecule has 0 bridgehead atoms. The number of carbonyl (C=O) groups excluding carboxylic acids is 1. The first kappa shape index (κ1) is 21.7. The molecule has 1 aliphatic heterocycles. The van der Waals surface area contributed by atoms with Crippen LogP contribution in [0.15, 0.2) is 90.9 Å². The largest absolute Gasteiger partial charge is 0.467 e. The van der Waals surface area contributed by atoms with Gasteiger partial charge in [0.25, 0.3) is 11.6 Å². The predicted molar refractivity (Wildman–Crippen MR) is 127 cm³/mol. The van der Waals surface area contributed by atoms with Gasteiger partial charge in [0.2, 0.25) is 0 Å². The zero-order chi connectivity index (χ0) is 22.5. The first-order valence-electron chi connectivity index (χ1n) is 9.34. The molecule has 2 heterocycles. The molecule has 0 N–H and O–H groups in total. The first-order valence-corrected chi connectivity index (χ1v) is 11.0. The van der Waals surface area contributed by atoms with E-state index in [-0.39, 0.29) is 18.1 Å². The molecule has 3 aromatic rings. The van der Waals surface area contributed by atoms with Crippen molar-refractivity contribution >= 4 is 56.7 Å². The predicted octanol–water partition coefficient (Wildman–Crippen LogP) is 5.46. The number of nitrogens with zero attached hydrogens (tertiary/aromatic N) is 4. The molecular weight excluding hydrogens is 496 g/mol. The summed E-state index contributed by atoms with van der Waals surface area (Å²) < 4.78 is 6.30. The summed E-state index contributed by atoms with van der Waals surface area (Å²) in [5.41, 5.74) is 1.53. The van der Waals surface area contributed by atoms with Crippen LogP contribution < -0.4 is 0 Å². The van der Waals surface area contributed by atoms with Crippen LogP contribution in [0.4, 0.5) is 5.69 Å². The number of halogens is 1. The molecule has 0 radical (unpaired) electrons. The maximum Gasteiger partial charge on any atom is 0.269 e. The van der Waals surface area contributed by atoms with Crippen LogP contribution in [0.5, 0.6) is 0 Å². The van der Waals surface area contributed by atoms with Gasteiger partial charge < -0.3 is 4.42 Å². The Bertz CT molecular complexity index is 1240. The lowest BCUT2D eigenvalue weighted by Crippen LogP contribution is -2.28. The Hall–Kier alpha value is -3.50. The fourth-order valence-electron chi connectivity index (χ4n) is 2.86. The van der Waals surface area contributed by atoms with Gasteiger partial charge in [0.05, 0.1) is 28.9 Å². The van der Waals surface area contributed by atoms with Crippen molar-refractivity contribution in [2.75, 3.05) is 0 Å². The number of rotatable bonds is 6. The molecule has 10 heteroatoms. The summed E-state index contributed by atoms with van der Waals surface area (Å²) in [6, 6.07) is 17.1. The highest BCUT2D eigenvalue weighted by atomic mass is 79.9. The molecule has 32 heavy (non-hydrogen) atoms. The van der Waals surface area contributed by atoms with Crippen LogP contribution in [0.25, 0.3) is 6.08 Å². The summed E-state index contributed by atoms with van der Waals surface area (Å²) in [5, 5.41) is 19.5. The number of hydrogen-bond donors (Lipinski definition) is 0. The Labute approximate surface area is 195 Å². The highest BCUT2D eigenvalue weighted by molar-refractivity contribution is 9.10. The first-order chi connectivity index (χ1) is 15.5. The lowest BCUT2D eigenvalue weighted by molar-refractivity contribution is -0.384. The molecule has 1 fully saturated rings. The second-order valence-corrected chi connectivity index (χ2v) is 8.54.